The molecule has 1 heterocycles. The maximum Gasteiger partial charge on any atom is 0.0172 e. The molecule has 0 unspecified atom stereocenters. The molecule has 0 atom stereocenters. The SMILES string of the molecule is CCC1CCC(C=CN2CCCCC2)CC1. The van der Waals surface area contributed by atoms with Crippen molar-refractivity contribution in [2.24, 2.45) is 11.8 Å². The maximum absolute atomic E-state index is 2.52. The molecule has 1 saturated carbocycles. The Hall–Kier alpha value is -0.460. The van der Waals surface area contributed by atoms with E-state index in [1.54, 1.807) is 0 Å². The third kappa shape index (κ3) is 3.54. The van der Waals surface area contributed by atoms with Crippen LogP contribution in [0.2, 0.25) is 0 Å². The number of allylic oxidation sites excluding steroid dienone is 1. The second-order valence-electron chi connectivity index (χ2n) is 5.63. The Balaban J connectivity index is 1.71. The predicted octanol–water partition coefficient (Wildman–Crippen LogP) is 4.20. The lowest BCUT2D eigenvalue weighted by Gasteiger charge is -2.28. The van der Waals surface area contributed by atoms with Crippen LogP contribution in [-0.2, 0) is 0 Å². The molecule has 0 bridgehead atoms. The van der Waals surface area contributed by atoms with Crippen molar-refractivity contribution in [1.29, 1.82) is 0 Å². The highest BCUT2D eigenvalue weighted by Gasteiger charge is 2.18. The molecule has 1 aliphatic carbocycles. The number of hydrogen-bond acceptors (Lipinski definition) is 1. The largest absolute Gasteiger partial charge is 0.378 e. The topological polar surface area (TPSA) is 3.24 Å². The van der Waals surface area contributed by atoms with Crippen LogP contribution < -0.4 is 0 Å². The molecule has 0 amide bonds. The highest BCUT2D eigenvalue weighted by molar-refractivity contribution is 4.91. The number of rotatable bonds is 3. The zero-order valence-electron chi connectivity index (χ0n) is 10.8. The quantitative estimate of drug-likeness (QED) is 0.690. The van der Waals surface area contributed by atoms with Crippen molar-refractivity contribution >= 4 is 0 Å². The molecule has 1 aliphatic heterocycles. The number of likely N-dealkylation sites (tertiary alicyclic amines) is 1. The van der Waals surface area contributed by atoms with Gasteiger partial charge in [0.05, 0.1) is 0 Å². The summed E-state index contributed by atoms with van der Waals surface area (Å²) in [7, 11) is 0. The van der Waals surface area contributed by atoms with Gasteiger partial charge in [-0.25, -0.2) is 0 Å². The van der Waals surface area contributed by atoms with Crippen LogP contribution in [0, 0.1) is 11.8 Å². The zero-order valence-corrected chi connectivity index (χ0v) is 10.8. The molecule has 2 aliphatic rings. The van der Waals surface area contributed by atoms with Crippen LogP contribution in [0.1, 0.15) is 58.3 Å². The van der Waals surface area contributed by atoms with Gasteiger partial charge in [-0.3, -0.25) is 0 Å². The van der Waals surface area contributed by atoms with E-state index in [9.17, 15) is 0 Å². The van der Waals surface area contributed by atoms with Crippen LogP contribution in [0.3, 0.4) is 0 Å². The Morgan fingerprint density at radius 1 is 1.00 bits per heavy atom. The summed E-state index contributed by atoms with van der Waals surface area (Å²) in [6.45, 7) is 4.93. The Morgan fingerprint density at radius 2 is 1.69 bits per heavy atom. The van der Waals surface area contributed by atoms with Gasteiger partial charge in [-0.2, -0.15) is 0 Å². The summed E-state index contributed by atoms with van der Waals surface area (Å²) in [5.41, 5.74) is 0. The van der Waals surface area contributed by atoms with Crippen molar-refractivity contribution in [3.05, 3.63) is 12.3 Å². The summed E-state index contributed by atoms with van der Waals surface area (Å²) in [6.07, 6.45) is 16.3. The summed E-state index contributed by atoms with van der Waals surface area (Å²) in [5, 5.41) is 0. The van der Waals surface area contributed by atoms with Gasteiger partial charge >= 0.3 is 0 Å². The fourth-order valence-electron chi connectivity index (χ4n) is 3.10. The molecular formula is C15H27N. The minimum Gasteiger partial charge on any atom is -0.378 e. The molecule has 0 spiro atoms. The molecule has 92 valence electrons. The first-order valence-corrected chi connectivity index (χ1v) is 7.31. The van der Waals surface area contributed by atoms with Gasteiger partial charge in [-0.1, -0.05) is 19.4 Å². The van der Waals surface area contributed by atoms with E-state index in [-0.39, 0.29) is 0 Å². The molecule has 2 fully saturated rings. The number of nitrogens with zero attached hydrogens (tertiary/aromatic N) is 1. The van der Waals surface area contributed by atoms with Gasteiger partial charge in [0.15, 0.2) is 0 Å². The fraction of sp³-hybridized carbons (Fsp3) is 0.867. The second kappa shape index (κ2) is 6.32. The van der Waals surface area contributed by atoms with E-state index < -0.39 is 0 Å². The monoisotopic (exact) mass is 221 g/mol. The minimum atomic E-state index is 0.879. The van der Waals surface area contributed by atoms with Crippen molar-refractivity contribution in [3.63, 3.8) is 0 Å². The summed E-state index contributed by atoms with van der Waals surface area (Å²) in [4.78, 5) is 2.52. The van der Waals surface area contributed by atoms with Crippen molar-refractivity contribution in [2.45, 2.75) is 58.3 Å². The smallest absolute Gasteiger partial charge is 0.0172 e. The lowest BCUT2D eigenvalue weighted by molar-refractivity contribution is 0.289. The second-order valence-corrected chi connectivity index (χ2v) is 5.63. The normalized spacial score (nSPS) is 32.2. The van der Waals surface area contributed by atoms with Crippen molar-refractivity contribution in [1.82, 2.24) is 4.90 Å². The van der Waals surface area contributed by atoms with E-state index in [1.165, 1.54) is 64.5 Å². The minimum absolute atomic E-state index is 0.879. The van der Waals surface area contributed by atoms with Crippen LogP contribution in [0.5, 0.6) is 0 Å². The van der Waals surface area contributed by atoms with Crippen molar-refractivity contribution < 1.29 is 0 Å². The Labute approximate surface area is 101 Å². The van der Waals surface area contributed by atoms with E-state index in [0.29, 0.717) is 0 Å². The lowest BCUT2D eigenvalue weighted by Crippen LogP contribution is -2.24. The molecule has 1 saturated heterocycles. The van der Waals surface area contributed by atoms with E-state index in [1.807, 2.05) is 0 Å². The highest BCUT2D eigenvalue weighted by atomic mass is 15.1. The Kier molecular flexibility index (Phi) is 4.74. The molecule has 16 heavy (non-hydrogen) atoms. The molecule has 1 nitrogen and oxygen atoms in total. The first kappa shape index (κ1) is 12.0. The van der Waals surface area contributed by atoms with Crippen molar-refractivity contribution in [3.8, 4) is 0 Å². The number of piperidine rings is 1. The van der Waals surface area contributed by atoms with E-state index in [4.69, 9.17) is 0 Å². The van der Waals surface area contributed by atoms with Crippen LogP contribution in [-0.4, -0.2) is 18.0 Å². The van der Waals surface area contributed by atoms with Gasteiger partial charge in [-0.15, -0.1) is 0 Å². The van der Waals surface area contributed by atoms with Gasteiger partial charge in [0, 0.05) is 13.1 Å². The Bertz CT molecular complexity index is 207. The predicted molar refractivity (Wildman–Crippen MR) is 70.3 cm³/mol. The molecule has 0 aromatic heterocycles. The molecule has 0 N–H and O–H groups in total. The van der Waals surface area contributed by atoms with Gasteiger partial charge in [0.1, 0.15) is 0 Å². The summed E-state index contributed by atoms with van der Waals surface area (Å²) in [5.74, 6) is 1.91. The molecule has 2 rings (SSSR count). The van der Waals surface area contributed by atoms with Gasteiger partial charge in [0.2, 0.25) is 0 Å². The van der Waals surface area contributed by atoms with Gasteiger partial charge in [0.25, 0.3) is 0 Å². The average molecular weight is 221 g/mol. The summed E-state index contributed by atoms with van der Waals surface area (Å²) >= 11 is 0. The molecule has 0 aromatic rings. The first-order chi connectivity index (χ1) is 7.88. The molecule has 1 heteroatoms. The maximum atomic E-state index is 2.52. The van der Waals surface area contributed by atoms with Gasteiger partial charge in [-0.05, 0) is 63.0 Å². The average Bonchev–Trinajstić information content (AvgIpc) is 2.38. The highest BCUT2D eigenvalue weighted by Crippen LogP contribution is 2.31. The van der Waals surface area contributed by atoms with E-state index in [0.717, 1.165) is 11.8 Å². The van der Waals surface area contributed by atoms with Crippen LogP contribution in [0.4, 0.5) is 0 Å². The van der Waals surface area contributed by atoms with E-state index in [2.05, 4.69) is 24.1 Å². The Morgan fingerprint density at radius 3 is 2.31 bits per heavy atom. The van der Waals surface area contributed by atoms with Crippen LogP contribution in [0.25, 0.3) is 0 Å². The molecule has 0 aromatic carbocycles. The first-order valence-electron chi connectivity index (χ1n) is 7.31. The zero-order chi connectivity index (χ0) is 11.2. The number of hydrogen-bond donors (Lipinski definition) is 0. The fourth-order valence-corrected chi connectivity index (χ4v) is 3.10. The van der Waals surface area contributed by atoms with Crippen LogP contribution >= 0.6 is 0 Å². The van der Waals surface area contributed by atoms with E-state index >= 15 is 0 Å². The summed E-state index contributed by atoms with van der Waals surface area (Å²) < 4.78 is 0. The third-order valence-corrected chi connectivity index (χ3v) is 4.43. The summed E-state index contributed by atoms with van der Waals surface area (Å²) in [6, 6.07) is 0. The van der Waals surface area contributed by atoms with Crippen molar-refractivity contribution in [2.75, 3.05) is 13.1 Å². The van der Waals surface area contributed by atoms with Crippen LogP contribution in [0.15, 0.2) is 12.3 Å². The standard InChI is InChI=1S/C15H27N/c1-2-14-6-8-15(9-7-14)10-13-16-11-4-3-5-12-16/h10,13-15H,2-9,11-12H2,1H3. The molecular weight excluding hydrogens is 194 g/mol. The molecule has 0 radical (unpaired) electrons. The van der Waals surface area contributed by atoms with Gasteiger partial charge < -0.3 is 4.90 Å². The third-order valence-electron chi connectivity index (χ3n) is 4.43. The lowest BCUT2D eigenvalue weighted by atomic mass is 9.81.